The molecule has 0 aromatic carbocycles. The lowest BCUT2D eigenvalue weighted by atomic mass is 9.91. The number of carbonyl (C=O) groups is 1. The van der Waals surface area contributed by atoms with Crippen LogP contribution in [0.2, 0.25) is 0 Å². The van der Waals surface area contributed by atoms with Gasteiger partial charge in [0.1, 0.15) is 0 Å². The Hall–Kier alpha value is -0.810. The number of hydrogen-bond acceptors (Lipinski definition) is 3. The molecule has 5 nitrogen and oxygen atoms in total. The van der Waals surface area contributed by atoms with Gasteiger partial charge >= 0.3 is 6.09 Å². The van der Waals surface area contributed by atoms with Gasteiger partial charge < -0.3 is 10.4 Å². The van der Waals surface area contributed by atoms with Gasteiger partial charge in [-0.1, -0.05) is 13.8 Å². The quantitative estimate of drug-likeness (QED) is 0.568. The molecule has 0 aromatic heterocycles. The number of rotatable bonds is 8. The number of nitrogens with one attached hydrogen (secondary N) is 2. The van der Waals surface area contributed by atoms with Gasteiger partial charge in [-0.25, -0.2) is 4.79 Å². The van der Waals surface area contributed by atoms with Crippen molar-refractivity contribution in [2.24, 2.45) is 5.92 Å². The van der Waals surface area contributed by atoms with Crippen molar-refractivity contribution >= 4 is 6.09 Å². The Labute approximate surface area is 105 Å². The van der Waals surface area contributed by atoms with E-state index in [0.717, 1.165) is 13.0 Å². The van der Waals surface area contributed by atoms with Crippen molar-refractivity contribution in [1.82, 2.24) is 15.5 Å². The minimum atomic E-state index is -0.861. The Morgan fingerprint density at radius 2 is 2.06 bits per heavy atom. The van der Waals surface area contributed by atoms with Gasteiger partial charge in [0.05, 0.1) is 6.67 Å². The third kappa shape index (κ3) is 7.18. The summed E-state index contributed by atoms with van der Waals surface area (Å²) in [6, 6.07) is 0. The van der Waals surface area contributed by atoms with Crippen LogP contribution < -0.4 is 10.6 Å². The topological polar surface area (TPSA) is 64.6 Å². The van der Waals surface area contributed by atoms with E-state index in [1.165, 1.54) is 4.90 Å². The molecule has 0 bridgehead atoms. The minimum absolute atomic E-state index is 0.0434. The van der Waals surface area contributed by atoms with Gasteiger partial charge in [-0.15, -0.1) is 0 Å². The molecule has 5 heteroatoms. The molecule has 0 aliphatic carbocycles. The van der Waals surface area contributed by atoms with Crippen LogP contribution in [-0.2, 0) is 0 Å². The van der Waals surface area contributed by atoms with E-state index in [9.17, 15) is 4.79 Å². The molecule has 0 aliphatic rings. The van der Waals surface area contributed by atoms with Crippen LogP contribution in [-0.4, -0.2) is 48.4 Å². The average Bonchev–Trinajstić information content (AvgIpc) is 2.23. The molecule has 0 rings (SSSR count). The molecule has 0 spiro atoms. The van der Waals surface area contributed by atoms with Crippen molar-refractivity contribution in [3.8, 4) is 0 Å². The fraction of sp³-hybridized carbons (Fsp3) is 0.917. The summed E-state index contributed by atoms with van der Waals surface area (Å²) in [5.41, 5.74) is 0.0434. The third-order valence-corrected chi connectivity index (χ3v) is 2.89. The second-order valence-electron chi connectivity index (χ2n) is 5.21. The van der Waals surface area contributed by atoms with Crippen molar-refractivity contribution < 1.29 is 9.90 Å². The Kier molecular flexibility index (Phi) is 7.15. The highest BCUT2D eigenvalue weighted by Crippen LogP contribution is 2.16. The number of hydrogen-bond donors (Lipinski definition) is 3. The van der Waals surface area contributed by atoms with Crippen LogP contribution in [0, 0.1) is 5.92 Å². The first-order chi connectivity index (χ1) is 7.82. The van der Waals surface area contributed by atoms with Gasteiger partial charge in [0.25, 0.3) is 0 Å². The summed E-state index contributed by atoms with van der Waals surface area (Å²) in [6.07, 6.45) is 0.0828. The van der Waals surface area contributed by atoms with E-state index in [1.807, 2.05) is 14.0 Å². The molecule has 1 atom stereocenters. The van der Waals surface area contributed by atoms with Crippen LogP contribution in [0.5, 0.6) is 0 Å². The molecular formula is C12H27N3O2. The summed E-state index contributed by atoms with van der Waals surface area (Å²) in [6.45, 7) is 10.0. The largest absolute Gasteiger partial charge is 0.465 e. The lowest BCUT2D eigenvalue weighted by molar-refractivity contribution is 0.129. The van der Waals surface area contributed by atoms with Crippen LogP contribution >= 0.6 is 0 Å². The molecule has 102 valence electrons. The smallest absolute Gasteiger partial charge is 0.408 e. The maximum Gasteiger partial charge on any atom is 0.408 e. The zero-order valence-electron chi connectivity index (χ0n) is 11.7. The van der Waals surface area contributed by atoms with Gasteiger partial charge in [0.15, 0.2) is 0 Å². The number of carboxylic acid groups (broad SMARTS) is 1. The predicted molar refractivity (Wildman–Crippen MR) is 70.2 cm³/mol. The SMILES string of the molecule is CCNCN(CC(C)CC(C)(C)NC)C(=O)O. The molecule has 0 saturated heterocycles. The van der Waals surface area contributed by atoms with E-state index in [0.29, 0.717) is 19.1 Å². The Morgan fingerprint density at radius 1 is 1.47 bits per heavy atom. The molecule has 1 unspecified atom stereocenters. The summed E-state index contributed by atoms with van der Waals surface area (Å²) in [7, 11) is 1.93. The first kappa shape index (κ1) is 16.2. The van der Waals surface area contributed by atoms with Gasteiger partial charge in [0, 0.05) is 12.1 Å². The fourth-order valence-electron chi connectivity index (χ4n) is 1.87. The molecule has 0 aromatic rings. The van der Waals surface area contributed by atoms with E-state index in [2.05, 4.69) is 31.4 Å². The molecule has 1 amide bonds. The molecule has 0 aliphatic heterocycles. The maximum atomic E-state index is 11.0. The third-order valence-electron chi connectivity index (χ3n) is 2.89. The zero-order chi connectivity index (χ0) is 13.5. The summed E-state index contributed by atoms with van der Waals surface area (Å²) in [4.78, 5) is 12.5. The van der Waals surface area contributed by atoms with Crippen LogP contribution in [0.25, 0.3) is 0 Å². The summed E-state index contributed by atoms with van der Waals surface area (Å²) >= 11 is 0. The zero-order valence-corrected chi connectivity index (χ0v) is 11.7. The van der Waals surface area contributed by atoms with Gasteiger partial charge in [0.2, 0.25) is 0 Å². The summed E-state index contributed by atoms with van der Waals surface area (Å²) in [5.74, 6) is 0.326. The van der Waals surface area contributed by atoms with Crippen molar-refractivity contribution in [3.63, 3.8) is 0 Å². The summed E-state index contributed by atoms with van der Waals surface area (Å²) in [5, 5.41) is 15.4. The Bertz CT molecular complexity index is 232. The normalized spacial score (nSPS) is 13.5. The summed E-state index contributed by atoms with van der Waals surface area (Å²) < 4.78 is 0. The maximum absolute atomic E-state index is 11.0. The Balaban J connectivity index is 4.21. The van der Waals surface area contributed by atoms with E-state index in [-0.39, 0.29) is 5.54 Å². The van der Waals surface area contributed by atoms with Gasteiger partial charge in [-0.05, 0) is 39.8 Å². The van der Waals surface area contributed by atoms with Crippen molar-refractivity contribution in [1.29, 1.82) is 0 Å². The molecule has 0 fully saturated rings. The van der Waals surface area contributed by atoms with Crippen LogP contribution in [0.4, 0.5) is 4.79 Å². The standard InChI is InChI=1S/C12H27N3O2/c1-6-14-9-15(11(16)17)8-10(2)7-12(3,4)13-5/h10,13-14H,6-9H2,1-5H3,(H,16,17). The Morgan fingerprint density at radius 3 is 2.47 bits per heavy atom. The monoisotopic (exact) mass is 245 g/mol. The highest BCUT2D eigenvalue weighted by molar-refractivity contribution is 5.64. The van der Waals surface area contributed by atoms with E-state index in [1.54, 1.807) is 0 Å². The van der Waals surface area contributed by atoms with Gasteiger partial charge in [-0.2, -0.15) is 0 Å². The second kappa shape index (κ2) is 7.50. The van der Waals surface area contributed by atoms with Gasteiger partial charge in [-0.3, -0.25) is 10.2 Å². The molecule has 0 radical (unpaired) electrons. The van der Waals surface area contributed by atoms with Crippen LogP contribution in [0.15, 0.2) is 0 Å². The first-order valence-electron chi connectivity index (χ1n) is 6.20. The molecular weight excluding hydrogens is 218 g/mol. The van der Waals surface area contributed by atoms with Crippen molar-refractivity contribution in [3.05, 3.63) is 0 Å². The second-order valence-corrected chi connectivity index (χ2v) is 5.21. The lowest BCUT2D eigenvalue weighted by Crippen LogP contribution is -2.43. The predicted octanol–water partition coefficient (Wildman–Crippen LogP) is 1.56. The minimum Gasteiger partial charge on any atom is -0.465 e. The van der Waals surface area contributed by atoms with Crippen molar-refractivity contribution in [2.45, 2.75) is 39.7 Å². The highest BCUT2D eigenvalue weighted by Gasteiger charge is 2.21. The van der Waals surface area contributed by atoms with Crippen LogP contribution in [0.1, 0.15) is 34.1 Å². The number of amides is 1. The van der Waals surface area contributed by atoms with E-state index >= 15 is 0 Å². The first-order valence-corrected chi connectivity index (χ1v) is 6.20. The lowest BCUT2D eigenvalue weighted by Gasteiger charge is -2.30. The molecule has 0 saturated carbocycles. The molecule has 17 heavy (non-hydrogen) atoms. The van der Waals surface area contributed by atoms with Crippen molar-refractivity contribution in [2.75, 3.05) is 26.8 Å². The molecule has 3 N–H and O–H groups in total. The van der Waals surface area contributed by atoms with E-state index < -0.39 is 6.09 Å². The fourth-order valence-corrected chi connectivity index (χ4v) is 1.87. The highest BCUT2D eigenvalue weighted by atomic mass is 16.4. The van der Waals surface area contributed by atoms with Crippen LogP contribution in [0.3, 0.4) is 0 Å². The molecule has 0 heterocycles. The van der Waals surface area contributed by atoms with E-state index in [4.69, 9.17) is 5.11 Å². The number of nitrogens with zero attached hydrogens (tertiary/aromatic N) is 1. The average molecular weight is 245 g/mol.